The van der Waals surface area contributed by atoms with E-state index in [-0.39, 0.29) is 34.0 Å². The predicted molar refractivity (Wildman–Crippen MR) is 203 cm³/mol. The van der Waals surface area contributed by atoms with Gasteiger partial charge in [0, 0.05) is 78.1 Å². The van der Waals surface area contributed by atoms with Crippen LogP contribution >= 0.6 is 23.1 Å². The van der Waals surface area contributed by atoms with Crippen LogP contribution in [0.2, 0.25) is 0 Å². The third kappa shape index (κ3) is 6.26. The van der Waals surface area contributed by atoms with Gasteiger partial charge in [0.25, 0.3) is 11.8 Å². The topological polar surface area (TPSA) is 78.0 Å². The number of allylic oxidation sites excluding steroid dienone is 2. The zero-order chi connectivity index (χ0) is 35.7. The van der Waals surface area contributed by atoms with Crippen LogP contribution < -0.4 is 10.2 Å². The largest absolute Gasteiger partial charge is 0.381 e. The van der Waals surface area contributed by atoms with Gasteiger partial charge >= 0.3 is 0 Å². The maximum absolute atomic E-state index is 14.8. The lowest BCUT2D eigenvalue weighted by Crippen LogP contribution is -2.65. The van der Waals surface area contributed by atoms with Crippen molar-refractivity contribution in [3.8, 4) is 0 Å². The molecule has 51 heavy (non-hydrogen) atoms. The van der Waals surface area contributed by atoms with Crippen LogP contribution in [0.1, 0.15) is 71.0 Å². The summed E-state index contributed by atoms with van der Waals surface area (Å²) in [6, 6.07) is 11.8. The van der Waals surface area contributed by atoms with Gasteiger partial charge in [-0.25, -0.2) is 9.37 Å². The number of carbonyl (C=O) groups is 2. The third-order valence-electron chi connectivity index (χ3n) is 11.1. The Morgan fingerprint density at radius 2 is 1.80 bits per heavy atom. The van der Waals surface area contributed by atoms with Gasteiger partial charge in [0.05, 0.1) is 21.7 Å². The zero-order valence-corrected chi connectivity index (χ0v) is 31.5. The molecule has 0 bridgehead atoms. The molecule has 2 aromatic carbocycles. The number of anilines is 2. The summed E-state index contributed by atoms with van der Waals surface area (Å²) in [6.45, 7) is 12.4. The first-order valence-electron chi connectivity index (χ1n) is 17.7. The Labute approximate surface area is 307 Å². The number of hydrogen-bond donors (Lipinski definition) is 1. The lowest BCUT2D eigenvalue weighted by Gasteiger charge is -2.56. The fourth-order valence-corrected chi connectivity index (χ4v) is 11.0. The van der Waals surface area contributed by atoms with E-state index in [1.54, 1.807) is 52.3 Å². The van der Waals surface area contributed by atoms with Crippen molar-refractivity contribution in [2.24, 2.45) is 5.41 Å². The Bertz CT molecular complexity index is 1990. The fraction of sp³-hybridized carbons (Fsp3) is 0.425. The summed E-state index contributed by atoms with van der Waals surface area (Å²) in [5.74, 6) is -0.730. The summed E-state index contributed by atoms with van der Waals surface area (Å²) in [5, 5.41) is 4.20. The van der Waals surface area contributed by atoms with E-state index in [1.165, 1.54) is 22.6 Å². The molecule has 1 spiro atoms. The number of amides is 2. The van der Waals surface area contributed by atoms with Gasteiger partial charge in [-0.15, -0.1) is 23.1 Å². The van der Waals surface area contributed by atoms with E-state index >= 15 is 0 Å². The van der Waals surface area contributed by atoms with Gasteiger partial charge < -0.3 is 19.9 Å². The molecule has 11 heteroatoms. The lowest BCUT2D eigenvalue weighted by atomic mass is 9.72. The zero-order valence-electron chi connectivity index (χ0n) is 29.8. The van der Waals surface area contributed by atoms with Crippen molar-refractivity contribution >= 4 is 51.2 Å². The first-order valence-corrected chi connectivity index (χ1v) is 19.4. The number of aromatic nitrogens is 1. The highest BCUT2D eigenvalue weighted by Gasteiger charge is 2.49. The molecule has 8 rings (SSSR count). The molecule has 0 aliphatic carbocycles. The molecule has 3 aromatic rings. The van der Waals surface area contributed by atoms with Crippen molar-refractivity contribution in [2.75, 3.05) is 50.1 Å². The fourth-order valence-electron chi connectivity index (χ4n) is 8.35. The number of thioether (sulfide) groups is 1. The van der Waals surface area contributed by atoms with Crippen molar-refractivity contribution in [1.29, 1.82) is 0 Å². The second-order valence-corrected chi connectivity index (χ2v) is 17.7. The number of nitrogens with zero attached hydrogens (tertiary/aromatic N) is 4. The Kier molecular flexibility index (Phi) is 8.76. The van der Waals surface area contributed by atoms with Crippen LogP contribution in [-0.4, -0.2) is 72.7 Å². The maximum atomic E-state index is 14.8. The number of thiazole rings is 1. The second kappa shape index (κ2) is 13.0. The molecule has 2 amide bonds. The minimum absolute atomic E-state index is 0.146. The predicted octanol–water partition coefficient (Wildman–Crippen LogP) is 7.87. The number of fused-ring (bicyclic) bond motifs is 2. The van der Waals surface area contributed by atoms with E-state index in [2.05, 4.69) is 42.1 Å². The smallest absolute Gasteiger partial charge is 0.258 e. The van der Waals surface area contributed by atoms with Crippen molar-refractivity contribution in [3.05, 3.63) is 104 Å². The summed E-state index contributed by atoms with van der Waals surface area (Å²) in [6.07, 6.45) is 7.58. The molecule has 2 atom stereocenters. The average molecular weight is 726 g/mol. The van der Waals surface area contributed by atoms with E-state index in [0.29, 0.717) is 35.5 Å². The average Bonchev–Trinajstić information content (AvgIpc) is 3.58. The van der Waals surface area contributed by atoms with E-state index in [9.17, 15) is 14.0 Å². The van der Waals surface area contributed by atoms with Gasteiger partial charge in [0.15, 0.2) is 0 Å². The highest BCUT2D eigenvalue weighted by atomic mass is 32.2. The van der Waals surface area contributed by atoms with Crippen LogP contribution in [0.5, 0.6) is 0 Å². The van der Waals surface area contributed by atoms with E-state index < -0.39 is 0 Å². The number of likely N-dealkylation sites (tertiary alicyclic amines) is 1. The summed E-state index contributed by atoms with van der Waals surface area (Å²) in [7, 11) is 2.03. The molecule has 1 N–H and O–H groups in total. The van der Waals surface area contributed by atoms with Gasteiger partial charge in [-0.1, -0.05) is 5.57 Å². The number of halogens is 1. The molecule has 2 saturated heterocycles. The van der Waals surface area contributed by atoms with Crippen molar-refractivity contribution in [1.82, 2.24) is 14.8 Å². The van der Waals surface area contributed by atoms with Gasteiger partial charge in [0.2, 0.25) is 0 Å². The molecule has 1 aromatic heterocycles. The van der Waals surface area contributed by atoms with Crippen LogP contribution in [0.4, 0.5) is 15.8 Å². The number of likely N-dealkylation sites (N-methyl/N-ethyl adjacent to an activating group) is 1. The van der Waals surface area contributed by atoms with Crippen molar-refractivity contribution in [2.45, 2.75) is 64.3 Å². The van der Waals surface area contributed by atoms with E-state index in [0.717, 1.165) is 72.3 Å². The molecule has 8 nitrogen and oxygen atoms in total. The standard InChI is InChI=1S/C40H44FN5O3S2/c1-24-18-32(36(44(5)21-24)45-22-40(23-45)13-16-49-17-14-40)35(47)43-30-9-6-27(7-10-30)37(48)46-15-12-28-20-39(4,38-42-25(2)26(3)50-38)51-34(28)31-11-8-29(41)19-33(31)46/h6-11,18-19,21,36H,12-17,20,22-23H2,1-5H3,(H,43,47). The van der Waals surface area contributed by atoms with Crippen molar-refractivity contribution in [3.63, 3.8) is 0 Å². The van der Waals surface area contributed by atoms with Gasteiger partial charge in [0.1, 0.15) is 17.0 Å². The number of rotatable bonds is 5. The first-order chi connectivity index (χ1) is 24.4. The molecule has 5 aliphatic heterocycles. The first kappa shape index (κ1) is 34.3. The summed E-state index contributed by atoms with van der Waals surface area (Å²) >= 11 is 3.53. The van der Waals surface area contributed by atoms with Crippen LogP contribution in [0, 0.1) is 25.1 Å². The summed E-state index contributed by atoms with van der Waals surface area (Å²) < 4.78 is 20.2. The lowest BCUT2D eigenvalue weighted by molar-refractivity contribution is -0.122. The van der Waals surface area contributed by atoms with E-state index in [4.69, 9.17) is 9.72 Å². The maximum Gasteiger partial charge on any atom is 0.258 e. The molecule has 266 valence electrons. The normalized spacial score (nSPS) is 24.4. The minimum Gasteiger partial charge on any atom is -0.381 e. The van der Waals surface area contributed by atoms with Crippen LogP contribution in [0.3, 0.4) is 0 Å². The number of nitrogens with one attached hydrogen (secondary N) is 1. The Balaban J connectivity index is 0.984. The molecule has 2 fully saturated rings. The minimum atomic E-state index is -0.377. The molecular weight excluding hydrogens is 682 g/mol. The molecular formula is C40H44FN5O3S2. The second-order valence-electron chi connectivity index (χ2n) is 15.0. The van der Waals surface area contributed by atoms with E-state index in [1.807, 2.05) is 26.1 Å². The Hall–Kier alpha value is -3.77. The van der Waals surface area contributed by atoms with Crippen LogP contribution in [0.15, 0.2) is 71.5 Å². The SMILES string of the molecule is CC1=CN(C)C(N2CC3(CCOCC3)C2)C(C(=O)Nc2ccc(C(=O)N3CCC4=C(SC(C)(c5nc(C)c(C)s5)C4)c4ccc(F)cc43)cc2)=C1. The third-order valence-corrected chi connectivity index (χ3v) is 14.1. The number of ether oxygens (including phenoxy) is 1. The molecule has 2 unspecified atom stereocenters. The molecule has 5 aliphatic rings. The summed E-state index contributed by atoms with van der Waals surface area (Å²) in [4.78, 5) is 41.4. The Morgan fingerprint density at radius 3 is 2.51 bits per heavy atom. The Morgan fingerprint density at radius 1 is 1.06 bits per heavy atom. The number of carbonyl (C=O) groups excluding carboxylic acids is 2. The highest BCUT2D eigenvalue weighted by molar-refractivity contribution is 8.09. The van der Waals surface area contributed by atoms with Gasteiger partial charge in [-0.2, -0.15) is 0 Å². The monoisotopic (exact) mass is 725 g/mol. The number of hydrogen-bond acceptors (Lipinski definition) is 8. The summed E-state index contributed by atoms with van der Waals surface area (Å²) in [5.41, 5.74) is 6.92. The van der Waals surface area contributed by atoms with Crippen molar-refractivity contribution < 1.29 is 18.7 Å². The molecule has 6 heterocycles. The number of benzene rings is 2. The highest BCUT2D eigenvalue weighted by Crippen LogP contribution is 2.59. The molecule has 0 radical (unpaired) electrons. The van der Waals surface area contributed by atoms with Gasteiger partial charge in [-0.3, -0.25) is 14.5 Å². The molecule has 0 saturated carbocycles. The van der Waals surface area contributed by atoms with Gasteiger partial charge in [-0.05, 0) is 107 Å². The van der Waals surface area contributed by atoms with Crippen LogP contribution in [0.25, 0.3) is 4.91 Å². The van der Waals surface area contributed by atoms with Crippen LogP contribution in [-0.2, 0) is 14.3 Å². The number of aryl methyl sites for hydroxylation is 2. The quantitative estimate of drug-likeness (QED) is 0.287.